The second-order valence-corrected chi connectivity index (χ2v) is 6.42. The van der Waals surface area contributed by atoms with Crippen LogP contribution in [0.25, 0.3) is 11.1 Å². The average molecular weight is 384 g/mol. The summed E-state index contributed by atoms with van der Waals surface area (Å²) in [5, 5.41) is 0. The van der Waals surface area contributed by atoms with E-state index in [-0.39, 0.29) is 11.9 Å². The van der Waals surface area contributed by atoms with Gasteiger partial charge in [0.1, 0.15) is 0 Å². The SMILES string of the molecule is NCCCCOC(=O)c1ccc(-c2ccc(C(=O)OCCCCN)cc2)cc1. The van der Waals surface area contributed by atoms with Crippen LogP contribution in [0.15, 0.2) is 48.5 Å². The van der Waals surface area contributed by atoms with Gasteiger partial charge < -0.3 is 20.9 Å². The third-order valence-corrected chi connectivity index (χ3v) is 4.24. The predicted octanol–water partition coefficient (Wildman–Crippen LogP) is 3.15. The van der Waals surface area contributed by atoms with Crippen molar-refractivity contribution in [1.82, 2.24) is 0 Å². The minimum Gasteiger partial charge on any atom is -0.462 e. The Labute approximate surface area is 165 Å². The molecule has 0 spiro atoms. The molecule has 0 aliphatic rings. The summed E-state index contributed by atoms with van der Waals surface area (Å²) in [5.74, 6) is -0.674. The summed E-state index contributed by atoms with van der Waals surface area (Å²) in [4.78, 5) is 24.0. The van der Waals surface area contributed by atoms with E-state index in [1.165, 1.54) is 0 Å². The molecule has 0 amide bonds. The summed E-state index contributed by atoms with van der Waals surface area (Å²) in [6.45, 7) is 1.94. The van der Waals surface area contributed by atoms with Crippen LogP contribution < -0.4 is 11.5 Å². The quantitative estimate of drug-likeness (QED) is 0.455. The lowest BCUT2D eigenvalue weighted by atomic mass is 10.0. The van der Waals surface area contributed by atoms with Gasteiger partial charge in [0, 0.05) is 0 Å². The van der Waals surface area contributed by atoms with Crippen LogP contribution in [-0.4, -0.2) is 38.2 Å². The van der Waals surface area contributed by atoms with Gasteiger partial charge in [-0.2, -0.15) is 0 Å². The van der Waals surface area contributed by atoms with Crippen LogP contribution in [0.1, 0.15) is 46.4 Å². The smallest absolute Gasteiger partial charge is 0.338 e. The van der Waals surface area contributed by atoms with Crippen LogP contribution in [0.3, 0.4) is 0 Å². The number of nitrogens with two attached hydrogens (primary N) is 2. The summed E-state index contributed by atoms with van der Waals surface area (Å²) in [7, 11) is 0. The number of esters is 2. The third-order valence-electron chi connectivity index (χ3n) is 4.24. The summed E-state index contributed by atoms with van der Waals surface area (Å²) in [5.41, 5.74) is 13.7. The molecule has 0 aliphatic heterocycles. The van der Waals surface area contributed by atoms with Crippen LogP contribution >= 0.6 is 0 Å². The Morgan fingerprint density at radius 2 is 0.964 bits per heavy atom. The van der Waals surface area contributed by atoms with E-state index < -0.39 is 0 Å². The molecule has 0 saturated carbocycles. The highest BCUT2D eigenvalue weighted by molar-refractivity contribution is 5.91. The van der Waals surface area contributed by atoms with Crippen molar-refractivity contribution in [2.24, 2.45) is 11.5 Å². The van der Waals surface area contributed by atoms with Gasteiger partial charge in [0.2, 0.25) is 0 Å². The standard InChI is InChI=1S/C22H28N2O4/c23-13-1-3-15-27-21(25)19-9-5-17(6-10-19)18-7-11-20(12-8-18)22(26)28-16-4-2-14-24/h5-12H,1-4,13-16,23-24H2. The zero-order chi connectivity index (χ0) is 20.2. The zero-order valence-corrected chi connectivity index (χ0v) is 16.1. The van der Waals surface area contributed by atoms with Gasteiger partial charge in [-0.15, -0.1) is 0 Å². The molecule has 4 N–H and O–H groups in total. The molecule has 0 radical (unpaired) electrons. The molecule has 0 saturated heterocycles. The van der Waals surface area contributed by atoms with Gasteiger partial charge in [-0.3, -0.25) is 0 Å². The van der Waals surface area contributed by atoms with E-state index in [1.54, 1.807) is 24.3 Å². The first kappa shape index (κ1) is 21.6. The Kier molecular flexibility index (Phi) is 9.18. The number of carbonyl (C=O) groups is 2. The van der Waals surface area contributed by atoms with Crippen LogP contribution in [0.5, 0.6) is 0 Å². The Balaban J connectivity index is 1.91. The fourth-order valence-electron chi connectivity index (χ4n) is 2.59. The molecule has 0 unspecified atom stereocenters. The van der Waals surface area contributed by atoms with E-state index in [0.717, 1.165) is 36.8 Å². The Morgan fingerprint density at radius 1 is 0.607 bits per heavy atom. The van der Waals surface area contributed by atoms with E-state index in [4.69, 9.17) is 20.9 Å². The van der Waals surface area contributed by atoms with Crippen molar-refractivity contribution < 1.29 is 19.1 Å². The van der Waals surface area contributed by atoms with E-state index >= 15 is 0 Å². The monoisotopic (exact) mass is 384 g/mol. The Bertz CT molecular complexity index is 677. The van der Waals surface area contributed by atoms with Crippen LogP contribution in [0.2, 0.25) is 0 Å². The van der Waals surface area contributed by atoms with Crippen molar-refractivity contribution in [3.05, 3.63) is 59.7 Å². The molecular weight excluding hydrogens is 356 g/mol. The highest BCUT2D eigenvalue weighted by Gasteiger charge is 2.09. The van der Waals surface area contributed by atoms with Crippen molar-refractivity contribution in [3.8, 4) is 11.1 Å². The molecule has 0 bridgehead atoms. The lowest BCUT2D eigenvalue weighted by molar-refractivity contribution is 0.0489. The van der Waals surface area contributed by atoms with E-state index in [0.29, 0.717) is 37.4 Å². The molecule has 0 aromatic heterocycles. The van der Waals surface area contributed by atoms with Gasteiger partial charge in [-0.05, 0) is 74.2 Å². The summed E-state index contributed by atoms with van der Waals surface area (Å²) < 4.78 is 10.4. The first-order chi connectivity index (χ1) is 13.7. The lowest BCUT2D eigenvalue weighted by Gasteiger charge is -2.07. The number of hydrogen-bond donors (Lipinski definition) is 2. The van der Waals surface area contributed by atoms with Crippen LogP contribution in [0.4, 0.5) is 0 Å². The molecule has 6 heteroatoms. The highest BCUT2D eigenvalue weighted by atomic mass is 16.5. The van der Waals surface area contributed by atoms with Gasteiger partial charge >= 0.3 is 11.9 Å². The van der Waals surface area contributed by atoms with Gasteiger partial charge in [-0.1, -0.05) is 24.3 Å². The van der Waals surface area contributed by atoms with E-state index in [9.17, 15) is 9.59 Å². The maximum Gasteiger partial charge on any atom is 0.338 e. The zero-order valence-electron chi connectivity index (χ0n) is 16.1. The van der Waals surface area contributed by atoms with Gasteiger partial charge in [0.15, 0.2) is 0 Å². The fraction of sp³-hybridized carbons (Fsp3) is 0.364. The van der Waals surface area contributed by atoms with Gasteiger partial charge in [0.25, 0.3) is 0 Å². The largest absolute Gasteiger partial charge is 0.462 e. The van der Waals surface area contributed by atoms with E-state index in [1.807, 2.05) is 24.3 Å². The number of benzene rings is 2. The second kappa shape index (κ2) is 11.9. The Hall–Kier alpha value is -2.70. The first-order valence-corrected chi connectivity index (χ1v) is 9.60. The molecule has 150 valence electrons. The average Bonchev–Trinajstić information content (AvgIpc) is 2.74. The molecule has 2 rings (SSSR count). The molecular formula is C22H28N2O4. The maximum absolute atomic E-state index is 12.0. The summed E-state index contributed by atoms with van der Waals surface area (Å²) in [6, 6.07) is 14.4. The molecule has 6 nitrogen and oxygen atoms in total. The third kappa shape index (κ3) is 6.79. The van der Waals surface area contributed by atoms with Gasteiger partial charge in [-0.25, -0.2) is 9.59 Å². The molecule has 0 heterocycles. The number of ether oxygens (including phenoxy) is 2. The fourth-order valence-corrected chi connectivity index (χ4v) is 2.59. The van der Waals surface area contributed by atoms with Crippen molar-refractivity contribution in [2.75, 3.05) is 26.3 Å². The number of hydrogen-bond acceptors (Lipinski definition) is 6. The molecule has 28 heavy (non-hydrogen) atoms. The minimum absolute atomic E-state index is 0.337. The van der Waals surface area contributed by atoms with Crippen molar-refractivity contribution in [2.45, 2.75) is 25.7 Å². The lowest BCUT2D eigenvalue weighted by Crippen LogP contribution is -2.08. The minimum atomic E-state index is -0.337. The molecule has 0 atom stereocenters. The highest BCUT2D eigenvalue weighted by Crippen LogP contribution is 2.21. The summed E-state index contributed by atoms with van der Waals surface area (Å²) >= 11 is 0. The second-order valence-electron chi connectivity index (χ2n) is 6.42. The van der Waals surface area contributed by atoms with Crippen molar-refractivity contribution >= 4 is 11.9 Å². The van der Waals surface area contributed by atoms with Gasteiger partial charge in [0.05, 0.1) is 24.3 Å². The molecule has 2 aromatic rings. The number of rotatable bonds is 11. The number of carbonyl (C=O) groups excluding carboxylic acids is 2. The topological polar surface area (TPSA) is 105 Å². The molecule has 0 aliphatic carbocycles. The van der Waals surface area contributed by atoms with Crippen molar-refractivity contribution in [3.63, 3.8) is 0 Å². The molecule has 0 fully saturated rings. The summed E-state index contributed by atoms with van der Waals surface area (Å²) in [6.07, 6.45) is 3.21. The normalized spacial score (nSPS) is 10.5. The van der Waals surface area contributed by atoms with Crippen molar-refractivity contribution in [1.29, 1.82) is 0 Å². The molecule has 2 aromatic carbocycles. The maximum atomic E-state index is 12.0. The van der Waals surface area contributed by atoms with E-state index in [2.05, 4.69) is 0 Å². The van der Waals surface area contributed by atoms with Crippen LogP contribution in [0, 0.1) is 0 Å². The number of unbranched alkanes of at least 4 members (excludes halogenated alkanes) is 2. The Morgan fingerprint density at radius 3 is 1.29 bits per heavy atom. The van der Waals surface area contributed by atoms with Crippen LogP contribution in [-0.2, 0) is 9.47 Å². The first-order valence-electron chi connectivity index (χ1n) is 9.60. The predicted molar refractivity (Wildman–Crippen MR) is 109 cm³/mol.